The van der Waals surface area contributed by atoms with Gasteiger partial charge in [-0.05, 0) is 46.6 Å². The smallest absolute Gasteiger partial charge is 0.399 e. The second kappa shape index (κ2) is 4.47. The quantitative estimate of drug-likeness (QED) is 0.840. The summed E-state index contributed by atoms with van der Waals surface area (Å²) in [5.41, 5.74) is 8.16. The predicted octanol–water partition coefficient (Wildman–Crippen LogP) is 2.23. The van der Waals surface area contributed by atoms with Gasteiger partial charge in [-0.3, -0.25) is 4.98 Å². The zero-order valence-electron chi connectivity index (χ0n) is 12.8. The summed E-state index contributed by atoms with van der Waals surface area (Å²) in [5, 5.41) is 0. The van der Waals surface area contributed by atoms with E-state index in [9.17, 15) is 0 Å². The molecule has 2 fully saturated rings. The molecule has 0 amide bonds. The molecule has 1 saturated heterocycles. The van der Waals surface area contributed by atoms with Gasteiger partial charge < -0.3 is 15.0 Å². The van der Waals surface area contributed by atoms with Crippen molar-refractivity contribution in [3.63, 3.8) is 0 Å². The average Bonchev–Trinajstić information content (AvgIpc) is 2.45. The lowest BCUT2D eigenvalue weighted by molar-refractivity contribution is 0.00578. The topological polar surface area (TPSA) is 57.4 Å². The molecule has 0 spiro atoms. The van der Waals surface area contributed by atoms with E-state index in [1.807, 2.05) is 40.0 Å². The van der Waals surface area contributed by atoms with E-state index < -0.39 is 7.12 Å². The number of nitrogen functional groups attached to an aromatic ring is 1. The number of aromatic nitrogens is 1. The highest BCUT2D eigenvalue weighted by atomic mass is 16.7. The van der Waals surface area contributed by atoms with Crippen molar-refractivity contribution >= 4 is 18.3 Å². The summed E-state index contributed by atoms with van der Waals surface area (Å²) in [5.74, 6) is 0.588. The Bertz CT molecular complexity index is 511. The van der Waals surface area contributed by atoms with Gasteiger partial charge in [0.1, 0.15) is 0 Å². The van der Waals surface area contributed by atoms with E-state index in [1.165, 1.54) is 19.3 Å². The Labute approximate surface area is 121 Å². The van der Waals surface area contributed by atoms with Gasteiger partial charge in [0.2, 0.25) is 0 Å². The molecule has 0 bridgehead atoms. The minimum Gasteiger partial charge on any atom is -0.399 e. The van der Waals surface area contributed by atoms with Gasteiger partial charge in [0.05, 0.1) is 11.2 Å². The van der Waals surface area contributed by atoms with E-state index >= 15 is 0 Å². The van der Waals surface area contributed by atoms with Crippen LogP contribution in [0.4, 0.5) is 5.69 Å². The van der Waals surface area contributed by atoms with Crippen LogP contribution in [0.2, 0.25) is 0 Å². The van der Waals surface area contributed by atoms with Crippen molar-refractivity contribution in [2.24, 2.45) is 0 Å². The fourth-order valence-electron chi connectivity index (χ4n) is 2.59. The van der Waals surface area contributed by atoms with Crippen molar-refractivity contribution in [3.8, 4) is 0 Å². The van der Waals surface area contributed by atoms with Crippen molar-refractivity contribution < 1.29 is 9.31 Å². The second-order valence-corrected chi connectivity index (χ2v) is 6.95. The SMILES string of the molecule is CC1(C)OB(c2cnc(C3CCC3)cc2N)OC1(C)C. The standard InChI is InChI=1S/C15H23BN2O2/c1-14(2)15(3,4)20-16(19-14)11-9-18-13(8-12(11)17)10-6-5-7-10/h8-10H,5-7H2,1-4H3,(H2,17,18). The van der Waals surface area contributed by atoms with Gasteiger partial charge in [0.25, 0.3) is 0 Å². The van der Waals surface area contributed by atoms with Crippen molar-refractivity contribution in [3.05, 3.63) is 18.0 Å². The highest BCUT2D eigenvalue weighted by Gasteiger charge is 2.52. The first kappa shape index (κ1) is 13.9. The third kappa shape index (κ3) is 2.13. The third-order valence-electron chi connectivity index (χ3n) is 5.02. The number of rotatable bonds is 2. The summed E-state index contributed by atoms with van der Waals surface area (Å²) in [6.07, 6.45) is 5.57. The molecular formula is C15H23BN2O2. The van der Waals surface area contributed by atoms with E-state index in [0.29, 0.717) is 5.92 Å². The summed E-state index contributed by atoms with van der Waals surface area (Å²) >= 11 is 0. The minimum atomic E-state index is -0.428. The Morgan fingerprint density at radius 1 is 1.20 bits per heavy atom. The molecule has 1 aliphatic heterocycles. The van der Waals surface area contributed by atoms with Crippen LogP contribution in [-0.4, -0.2) is 23.3 Å². The van der Waals surface area contributed by atoms with Crippen molar-refractivity contribution in [1.82, 2.24) is 4.98 Å². The third-order valence-corrected chi connectivity index (χ3v) is 5.02. The maximum absolute atomic E-state index is 6.19. The molecular weight excluding hydrogens is 251 g/mol. The lowest BCUT2D eigenvalue weighted by atomic mass is 9.77. The summed E-state index contributed by atoms with van der Waals surface area (Å²) in [6.45, 7) is 8.16. The maximum Gasteiger partial charge on any atom is 0.498 e. The summed E-state index contributed by atoms with van der Waals surface area (Å²) in [4.78, 5) is 4.56. The molecule has 2 heterocycles. The van der Waals surface area contributed by atoms with Crippen LogP contribution in [0.15, 0.2) is 12.3 Å². The zero-order valence-corrected chi connectivity index (χ0v) is 12.8. The van der Waals surface area contributed by atoms with Crippen LogP contribution in [-0.2, 0) is 9.31 Å². The first-order chi connectivity index (χ1) is 9.30. The van der Waals surface area contributed by atoms with Crippen LogP contribution >= 0.6 is 0 Å². The monoisotopic (exact) mass is 274 g/mol. The van der Waals surface area contributed by atoms with Gasteiger partial charge in [0.15, 0.2) is 0 Å². The summed E-state index contributed by atoms with van der Waals surface area (Å²) in [7, 11) is -0.428. The van der Waals surface area contributed by atoms with Gasteiger partial charge in [-0.15, -0.1) is 0 Å². The predicted molar refractivity (Wildman–Crippen MR) is 81.0 cm³/mol. The lowest BCUT2D eigenvalue weighted by Gasteiger charge is -2.32. The van der Waals surface area contributed by atoms with Gasteiger partial charge in [-0.1, -0.05) is 6.42 Å². The van der Waals surface area contributed by atoms with Crippen LogP contribution in [0, 0.1) is 0 Å². The molecule has 1 aromatic rings. The zero-order chi connectivity index (χ0) is 14.5. The van der Waals surface area contributed by atoms with Crippen LogP contribution in [0.5, 0.6) is 0 Å². The number of hydrogen-bond acceptors (Lipinski definition) is 4. The first-order valence-electron chi connectivity index (χ1n) is 7.41. The fourth-order valence-corrected chi connectivity index (χ4v) is 2.59. The molecule has 0 atom stereocenters. The van der Waals surface area contributed by atoms with E-state index in [0.717, 1.165) is 16.8 Å². The Hall–Kier alpha value is -1.07. The molecule has 0 radical (unpaired) electrons. The molecule has 1 aromatic heterocycles. The Morgan fingerprint density at radius 2 is 1.80 bits per heavy atom. The highest BCUT2D eigenvalue weighted by Crippen LogP contribution is 2.38. The average molecular weight is 274 g/mol. The maximum atomic E-state index is 6.19. The van der Waals surface area contributed by atoms with Gasteiger partial charge >= 0.3 is 7.12 Å². The highest BCUT2D eigenvalue weighted by molar-refractivity contribution is 6.63. The number of nitrogens with zero attached hydrogens (tertiary/aromatic N) is 1. The normalized spacial score (nSPS) is 24.7. The Morgan fingerprint density at radius 3 is 2.25 bits per heavy atom. The van der Waals surface area contributed by atoms with Crippen LogP contribution < -0.4 is 11.2 Å². The number of pyridine rings is 1. The molecule has 5 heteroatoms. The Balaban J connectivity index is 1.85. The molecule has 1 aliphatic carbocycles. The van der Waals surface area contributed by atoms with Crippen LogP contribution in [0.3, 0.4) is 0 Å². The molecule has 0 aromatic carbocycles. The van der Waals surface area contributed by atoms with Crippen LogP contribution in [0.25, 0.3) is 0 Å². The lowest BCUT2D eigenvalue weighted by Crippen LogP contribution is -2.41. The van der Waals surface area contributed by atoms with Crippen molar-refractivity contribution in [2.75, 3.05) is 5.73 Å². The Kier molecular flexibility index (Phi) is 3.10. The van der Waals surface area contributed by atoms with Crippen molar-refractivity contribution in [2.45, 2.75) is 64.1 Å². The van der Waals surface area contributed by atoms with Gasteiger partial charge in [0, 0.05) is 29.0 Å². The van der Waals surface area contributed by atoms with Crippen LogP contribution in [0.1, 0.15) is 58.6 Å². The first-order valence-corrected chi connectivity index (χ1v) is 7.41. The molecule has 2 N–H and O–H groups in total. The van der Waals surface area contributed by atoms with E-state index in [2.05, 4.69) is 4.98 Å². The number of nitrogens with two attached hydrogens (primary N) is 1. The van der Waals surface area contributed by atoms with E-state index in [-0.39, 0.29) is 11.2 Å². The number of anilines is 1. The molecule has 3 rings (SSSR count). The second-order valence-electron chi connectivity index (χ2n) is 6.95. The molecule has 20 heavy (non-hydrogen) atoms. The molecule has 1 saturated carbocycles. The molecule has 2 aliphatic rings. The largest absolute Gasteiger partial charge is 0.498 e. The van der Waals surface area contributed by atoms with Gasteiger partial charge in [-0.2, -0.15) is 0 Å². The molecule has 0 unspecified atom stereocenters. The molecule has 4 nitrogen and oxygen atoms in total. The summed E-state index contributed by atoms with van der Waals surface area (Å²) < 4.78 is 12.1. The minimum absolute atomic E-state index is 0.350. The van der Waals surface area contributed by atoms with E-state index in [1.54, 1.807) is 0 Å². The van der Waals surface area contributed by atoms with Gasteiger partial charge in [-0.25, -0.2) is 0 Å². The fraction of sp³-hybridized carbons (Fsp3) is 0.667. The summed E-state index contributed by atoms with van der Waals surface area (Å²) in [6, 6.07) is 1.99. The van der Waals surface area contributed by atoms with Crippen molar-refractivity contribution in [1.29, 1.82) is 0 Å². The number of hydrogen-bond donors (Lipinski definition) is 1. The molecule has 108 valence electrons. The van der Waals surface area contributed by atoms with E-state index in [4.69, 9.17) is 15.0 Å².